The van der Waals surface area contributed by atoms with Crippen LogP contribution in [0, 0.1) is 17.0 Å². The number of aromatic nitrogens is 4. The van der Waals surface area contributed by atoms with E-state index in [1.165, 1.54) is 18.3 Å². The quantitative estimate of drug-likeness (QED) is 0.408. The first-order chi connectivity index (χ1) is 20.4. The molecule has 9 nitrogen and oxygen atoms in total. The maximum absolute atomic E-state index is 14.4. The van der Waals surface area contributed by atoms with Gasteiger partial charge in [0.25, 0.3) is 11.5 Å². The Morgan fingerprint density at radius 2 is 1.89 bits per heavy atom. The summed E-state index contributed by atoms with van der Waals surface area (Å²) in [5.41, 5.74) is 4.93. The molecule has 1 saturated heterocycles. The minimum Gasteiger partial charge on any atom is -0.367 e. The van der Waals surface area contributed by atoms with Crippen molar-refractivity contribution in [2.45, 2.75) is 39.6 Å². The number of nitrogens with two attached hydrogens (primary N) is 1. The van der Waals surface area contributed by atoms with Crippen molar-refractivity contribution in [1.29, 1.82) is 0 Å². The minimum atomic E-state index is -2.91. The van der Waals surface area contributed by atoms with Crippen LogP contribution in [0.25, 0.3) is 16.6 Å². The summed E-state index contributed by atoms with van der Waals surface area (Å²) in [5, 5.41) is 11.2. The molecule has 0 unspecified atom stereocenters. The summed E-state index contributed by atoms with van der Waals surface area (Å²) in [6.45, 7) is -1.12. The molecule has 11 heteroatoms. The first kappa shape index (κ1) is 19.0. The van der Waals surface area contributed by atoms with Crippen LogP contribution in [-0.4, -0.2) is 44.6 Å². The molecule has 1 aliphatic heterocycles. The summed E-state index contributed by atoms with van der Waals surface area (Å²) in [5.74, 6) is -2.93. The van der Waals surface area contributed by atoms with Gasteiger partial charge in [-0.3, -0.25) is 14.3 Å². The molecule has 0 radical (unpaired) electrons. The second-order valence-electron chi connectivity index (χ2n) is 9.85. The zero-order valence-corrected chi connectivity index (χ0v) is 20.6. The molecule has 0 bridgehead atoms. The number of halogens is 2. The molecular weight excluding hydrogens is 492 g/mol. The van der Waals surface area contributed by atoms with Crippen molar-refractivity contribution in [1.82, 2.24) is 19.6 Å². The van der Waals surface area contributed by atoms with E-state index in [-0.39, 0.29) is 28.4 Å². The monoisotopic (exact) mass is 527 g/mol. The standard InChI is InChI=1S/C27H29F2N7O2/c1-15(2)35-21-10-8-19(24(16(21)12-31-35)34-13-22(30)27(3,4)14-34)32-26(38)20-9-11-23(37)36(33-20)25-17(28)6-5-7-18(25)29/h5-12,15,22H,13-14,30H2,1-4H3,(H,32,38)/t22-/m0/s1/i1D3,2D3. The Bertz CT molecular complexity index is 1780. The number of rotatable bonds is 5. The Labute approximate surface area is 226 Å². The fourth-order valence-corrected chi connectivity index (χ4v) is 4.65. The van der Waals surface area contributed by atoms with Gasteiger partial charge < -0.3 is 16.0 Å². The molecule has 38 heavy (non-hydrogen) atoms. The van der Waals surface area contributed by atoms with Gasteiger partial charge >= 0.3 is 0 Å². The van der Waals surface area contributed by atoms with Crippen molar-refractivity contribution in [3.05, 3.63) is 76.3 Å². The van der Waals surface area contributed by atoms with E-state index >= 15 is 0 Å². The molecule has 5 rings (SSSR count). The Kier molecular flexibility index (Phi) is 4.67. The van der Waals surface area contributed by atoms with Crippen molar-refractivity contribution in [2.24, 2.45) is 11.1 Å². The van der Waals surface area contributed by atoms with Crippen molar-refractivity contribution >= 4 is 28.2 Å². The average molecular weight is 528 g/mol. The van der Waals surface area contributed by atoms with Gasteiger partial charge in [0.1, 0.15) is 11.4 Å². The number of benzene rings is 2. The lowest BCUT2D eigenvalue weighted by molar-refractivity contribution is 0.102. The number of hydrogen-bond donors (Lipinski definition) is 2. The summed E-state index contributed by atoms with van der Waals surface area (Å²) in [7, 11) is 0. The molecule has 2 aromatic heterocycles. The van der Waals surface area contributed by atoms with Gasteiger partial charge in [-0.25, -0.2) is 8.78 Å². The number of carbonyl (C=O) groups is 1. The van der Waals surface area contributed by atoms with Crippen molar-refractivity contribution in [3.8, 4) is 5.69 Å². The molecular formula is C27H29F2N7O2. The molecule has 1 amide bonds. The zero-order chi connectivity index (χ0) is 32.4. The van der Waals surface area contributed by atoms with E-state index in [1.807, 2.05) is 18.7 Å². The van der Waals surface area contributed by atoms with Crippen molar-refractivity contribution in [2.75, 3.05) is 23.3 Å². The first-order valence-corrected chi connectivity index (χ1v) is 11.8. The van der Waals surface area contributed by atoms with Crippen LogP contribution in [-0.2, 0) is 0 Å². The lowest BCUT2D eigenvalue weighted by Crippen LogP contribution is -2.35. The molecule has 2 aromatic carbocycles. The van der Waals surface area contributed by atoms with Gasteiger partial charge in [-0.15, -0.1) is 0 Å². The van der Waals surface area contributed by atoms with Crippen molar-refractivity contribution < 1.29 is 21.8 Å². The molecule has 1 atom stereocenters. The molecule has 1 fully saturated rings. The van der Waals surface area contributed by atoms with Gasteiger partial charge in [-0.1, -0.05) is 19.9 Å². The van der Waals surface area contributed by atoms with E-state index < -0.39 is 48.5 Å². The number of amides is 1. The van der Waals surface area contributed by atoms with E-state index in [0.717, 1.165) is 35.0 Å². The second kappa shape index (κ2) is 9.32. The average Bonchev–Trinajstić information content (AvgIpc) is 3.42. The van der Waals surface area contributed by atoms with E-state index in [0.29, 0.717) is 28.8 Å². The third kappa shape index (κ3) is 4.32. The fourth-order valence-electron chi connectivity index (χ4n) is 4.65. The summed E-state index contributed by atoms with van der Waals surface area (Å²) in [6, 6.07) is 5.77. The lowest BCUT2D eigenvalue weighted by atomic mass is 9.89. The lowest BCUT2D eigenvalue weighted by Gasteiger charge is -2.25. The van der Waals surface area contributed by atoms with Crippen LogP contribution in [0.4, 0.5) is 20.2 Å². The van der Waals surface area contributed by atoms with Gasteiger partial charge in [-0.05, 0) is 49.5 Å². The molecule has 3 N–H and O–H groups in total. The SMILES string of the molecule is [2H]C([2H])([2H])C(n1ncc2c(N3C[C@H](N)C(C)(C)C3)c(NC(=O)c3ccc(=O)n(-c4c(F)cccc4F)n3)ccc21)C([2H])([2H])[2H]. The zero-order valence-electron chi connectivity index (χ0n) is 26.6. The highest BCUT2D eigenvalue weighted by molar-refractivity contribution is 6.09. The van der Waals surface area contributed by atoms with Crippen molar-refractivity contribution in [3.63, 3.8) is 0 Å². The van der Waals surface area contributed by atoms with Crippen LogP contribution in [0.3, 0.4) is 0 Å². The Morgan fingerprint density at radius 1 is 1.16 bits per heavy atom. The van der Waals surface area contributed by atoms with Gasteiger partial charge in [0.2, 0.25) is 0 Å². The molecule has 198 valence electrons. The summed E-state index contributed by atoms with van der Waals surface area (Å²) >= 11 is 0. The number of hydrogen-bond acceptors (Lipinski definition) is 6. The topological polar surface area (TPSA) is 111 Å². The highest BCUT2D eigenvalue weighted by atomic mass is 19.1. The summed E-state index contributed by atoms with van der Waals surface area (Å²) in [6.07, 6.45) is 1.33. The Morgan fingerprint density at radius 3 is 2.55 bits per heavy atom. The second-order valence-corrected chi connectivity index (χ2v) is 9.85. The molecule has 4 aromatic rings. The number of nitrogens with one attached hydrogen (secondary N) is 1. The number of para-hydroxylation sites is 1. The van der Waals surface area contributed by atoms with Gasteiger partial charge in [0.05, 0.1) is 23.1 Å². The predicted molar refractivity (Wildman–Crippen MR) is 142 cm³/mol. The minimum absolute atomic E-state index is 0.204. The molecule has 3 heterocycles. The van der Waals surface area contributed by atoms with Crippen LogP contribution in [0.1, 0.15) is 52.3 Å². The Hall–Kier alpha value is -4.12. The van der Waals surface area contributed by atoms with E-state index in [9.17, 15) is 18.4 Å². The van der Waals surface area contributed by atoms with Gasteiger partial charge in [0.15, 0.2) is 11.6 Å². The van der Waals surface area contributed by atoms with Gasteiger partial charge in [-0.2, -0.15) is 14.9 Å². The highest BCUT2D eigenvalue weighted by Gasteiger charge is 2.38. The number of nitrogens with zero attached hydrogens (tertiary/aromatic N) is 5. The van der Waals surface area contributed by atoms with Crippen LogP contribution >= 0.6 is 0 Å². The third-order valence-corrected chi connectivity index (χ3v) is 6.76. The molecule has 1 aliphatic rings. The van der Waals surface area contributed by atoms with Gasteiger partial charge in [0, 0.05) is 44.9 Å². The van der Waals surface area contributed by atoms with Crippen LogP contribution in [0.2, 0.25) is 0 Å². The number of anilines is 2. The van der Waals surface area contributed by atoms with Crippen LogP contribution < -0.4 is 21.5 Å². The largest absolute Gasteiger partial charge is 0.367 e. The summed E-state index contributed by atoms with van der Waals surface area (Å²) < 4.78 is 77.7. The fraction of sp³-hybridized carbons (Fsp3) is 0.333. The maximum Gasteiger partial charge on any atom is 0.276 e. The Balaban J connectivity index is 1.62. The number of carbonyl (C=O) groups excluding carboxylic acids is 1. The highest BCUT2D eigenvalue weighted by Crippen LogP contribution is 2.41. The predicted octanol–water partition coefficient (Wildman–Crippen LogP) is 3.87. The van der Waals surface area contributed by atoms with E-state index in [4.69, 9.17) is 14.0 Å². The number of fused-ring (bicyclic) bond motifs is 1. The third-order valence-electron chi connectivity index (χ3n) is 6.76. The summed E-state index contributed by atoms with van der Waals surface area (Å²) in [4.78, 5) is 27.8. The molecule has 0 aliphatic carbocycles. The molecule has 0 saturated carbocycles. The smallest absolute Gasteiger partial charge is 0.276 e. The van der Waals surface area contributed by atoms with Crippen LogP contribution in [0.15, 0.2) is 53.5 Å². The molecule has 0 spiro atoms. The van der Waals surface area contributed by atoms with E-state index in [1.54, 1.807) is 0 Å². The normalized spacial score (nSPS) is 19.9. The van der Waals surface area contributed by atoms with Crippen LogP contribution in [0.5, 0.6) is 0 Å². The maximum atomic E-state index is 14.4. The first-order valence-electron chi connectivity index (χ1n) is 14.8. The van der Waals surface area contributed by atoms with E-state index in [2.05, 4.69) is 15.5 Å².